The Kier molecular flexibility index (Phi) is 10.6. The van der Waals surface area contributed by atoms with E-state index in [1.807, 2.05) is 0 Å². The molecule has 0 spiro atoms. The van der Waals surface area contributed by atoms with E-state index in [4.69, 9.17) is 30.5 Å². The molecular weight excluding hydrogens is 570 g/mol. The number of rotatable bonds is 10. The molecule has 1 fully saturated rings. The second kappa shape index (κ2) is 14.7. The highest BCUT2D eigenvalue weighted by Crippen LogP contribution is 2.26. The maximum Gasteiger partial charge on any atom is 0.342 e. The highest BCUT2D eigenvalue weighted by atomic mass is 35.5. The summed E-state index contributed by atoms with van der Waals surface area (Å²) in [5.74, 6) is -2.50. The first-order chi connectivity index (χ1) is 20.4. The van der Waals surface area contributed by atoms with Gasteiger partial charge in [0, 0.05) is 5.88 Å². The smallest absolute Gasteiger partial charge is 0.342 e. The Bertz CT molecular complexity index is 1380. The first-order valence-corrected chi connectivity index (χ1v) is 13.3. The van der Waals surface area contributed by atoms with Crippen molar-refractivity contribution in [2.45, 2.75) is 24.5 Å². The van der Waals surface area contributed by atoms with Crippen molar-refractivity contribution in [3.63, 3.8) is 0 Å². The molecule has 1 heterocycles. The van der Waals surface area contributed by atoms with Gasteiger partial charge in [0.25, 0.3) is 0 Å². The maximum absolute atomic E-state index is 13.2. The zero-order valence-electron chi connectivity index (χ0n) is 22.0. The van der Waals surface area contributed by atoms with Crippen LogP contribution in [0.2, 0.25) is 0 Å². The van der Waals surface area contributed by atoms with Gasteiger partial charge in [-0.1, -0.05) is 54.6 Å². The molecule has 3 aromatic carbocycles. The fourth-order valence-corrected chi connectivity index (χ4v) is 4.20. The van der Waals surface area contributed by atoms with Gasteiger partial charge in [0.1, 0.15) is 0 Å². The third-order valence-electron chi connectivity index (χ3n) is 6.10. The largest absolute Gasteiger partial charge is 0.452 e. The molecule has 0 saturated carbocycles. The fourth-order valence-electron chi connectivity index (χ4n) is 4.04. The van der Waals surface area contributed by atoms with E-state index in [-0.39, 0.29) is 35.7 Å². The van der Waals surface area contributed by atoms with E-state index < -0.39 is 48.5 Å². The topological polar surface area (TPSA) is 150 Å². The predicted molar refractivity (Wildman–Crippen MR) is 148 cm³/mol. The molecule has 1 aliphatic heterocycles. The van der Waals surface area contributed by atoms with Gasteiger partial charge in [0.15, 0.2) is 24.5 Å². The van der Waals surface area contributed by atoms with Crippen LogP contribution in [0.3, 0.4) is 0 Å². The lowest BCUT2D eigenvalue weighted by atomic mass is 10.0. The molecule has 4 atom stereocenters. The molecule has 13 heteroatoms. The summed E-state index contributed by atoms with van der Waals surface area (Å²) in [6.07, 6.45) is -5.72. The quantitative estimate of drug-likeness (QED) is 0.121. The fraction of sp³-hybridized carbons (Fsp3) is 0.241. The SMILES string of the molecule is O=NN(CCCl)C(=O)N[C@@H]1OC[C@@H](OC(=O)c2ccccc2)[C@@H](OC(=O)c2ccccc2)[C@H]1OC(=O)c1ccccc1. The average molecular weight is 596 g/mol. The van der Waals surface area contributed by atoms with E-state index in [1.165, 1.54) is 36.4 Å². The summed E-state index contributed by atoms with van der Waals surface area (Å²) in [4.78, 5) is 63.3. The van der Waals surface area contributed by atoms with Gasteiger partial charge in [-0.3, -0.25) is 0 Å². The second-order valence-electron chi connectivity index (χ2n) is 8.88. The van der Waals surface area contributed by atoms with Gasteiger partial charge in [0.05, 0.1) is 35.1 Å². The molecule has 0 bridgehead atoms. The van der Waals surface area contributed by atoms with Crippen molar-refractivity contribution in [2.75, 3.05) is 19.0 Å². The molecule has 12 nitrogen and oxygen atoms in total. The Morgan fingerprint density at radius 3 is 1.67 bits per heavy atom. The first kappa shape index (κ1) is 30.2. The predicted octanol–water partition coefficient (Wildman–Crippen LogP) is 3.95. The van der Waals surface area contributed by atoms with Crippen molar-refractivity contribution >= 4 is 35.5 Å². The summed E-state index contributed by atoms with van der Waals surface area (Å²) in [6, 6.07) is 23.0. The van der Waals surface area contributed by atoms with Crippen LogP contribution in [-0.4, -0.2) is 72.5 Å². The van der Waals surface area contributed by atoms with Gasteiger partial charge >= 0.3 is 23.9 Å². The van der Waals surface area contributed by atoms with E-state index in [0.717, 1.165) is 0 Å². The van der Waals surface area contributed by atoms with Crippen LogP contribution in [0.25, 0.3) is 0 Å². The summed E-state index contributed by atoms with van der Waals surface area (Å²) in [6.45, 7) is -0.596. The van der Waals surface area contributed by atoms with Crippen molar-refractivity contribution in [2.24, 2.45) is 5.29 Å². The molecule has 42 heavy (non-hydrogen) atoms. The third kappa shape index (κ3) is 7.68. The molecule has 1 aliphatic rings. The minimum atomic E-state index is -1.54. The zero-order chi connectivity index (χ0) is 29.9. The lowest BCUT2D eigenvalue weighted by molar-refractivity contribution is -0.194. The summed E-state index contributed by atoms with van der Waals surface area (Å²) in [7, 11) is 0. The van der Waals surface area contributed by atoms with E-state index >= 15 is 0 Å². The monoisotopic (exact) mass is 595 g/mol. The number of esters is 3. The van der Waals surface area contributed by atoms with E-state index in [0.29, 0.717) is 5.01 Å². The number of benzene rings is 3. The van der Waals surface area contributed by atoms with Gasteiger partial charge in [0.2, 0.25) is 0 Å². The number of halogens is 1. The number of hydrogen-bond acceptors (Lipinski definition) is 10. The van der Waals surface area contributed by atoms with Crippen LogP contribution >= 0.6 is 11.6 Å². The molecule has 0 radical (unpaired) electrons. The Labute approximate surface area is 245 Å². The van der Waals surface area contributed by atoms with Crippen LogP contribution in [0.4, 0.5) is 4.79 Å². The lowest BCUT2D eigenvalue weighted by Gasteiger charge is -2.41. The van der Waals surface area contributed by atoms with Crippen molar-refractivity contribution in [1.29, 1.82) is 0 Å². The Morgan fingerprint density at radius 2 is 1.21 bits per heavy atom. The molecule has 1 saturated heterocycles. The normalized spacial score (nSPS) is 19.5. The van der Waals surface area contributed by atoms with Crippen molar-refractivity contribution in [3.8, 4) is 0 Å². The van der Waals surface area contributed by atoms with Gasteiger partial charge in [-0.25, -0.2) is 19.2 Å². The number of nitroso groups, excluding NO2 is 1. The maximum atomic E-state index is 13.2. The Morgan fingerprint density at radius 1 is 0.762 bits per heavy atom. The number of nitrogens with one attached hydrogen (secondary N) is 1. The molecule has 218 valence electrons. The number of ether oxygens (including phenoxy) is 4. The van der Waals surface area contributed by atoms with Crippen LogP contribution in [-0.2, 0) is 18.9 Å². The Hall–Kier alpha value is -4.81. The second-order valence-corrected chi connectivity index (χ2v) is 9.26. The van der Waals surface area contributed by atoms with Crippen LogP contribution in [0, 0.1) is 4.91 Å². The van der Waals surface area contributed by atoms with Crippen LogP contribution in [0.5, 0.6) is 0 Å². The molecule has 2 amide bonds. The van der Waals surface area contributed by atoms with Crippen molar-refractivity contribution in [1.82, 2.24) is 10.3 Å². The van der Waals surface area contributed by atoms with Gasteiger partial charge < -0.3 is 24.3 Å². The molecule has 1 N–H and O–H groups in total. The summed E-state index contributed by atoms with van der Waals surface area (Å²) < 4.78 is 22.9. The zero-order valence-corrected chi connectivity index (χ0v) is 22.8. The molecule has 0 aromatic heterocycles. The minimum Gasteiger partial charge on any atom is -0.452 e. The number of urea groups is 1. The standard InChI is InChI=1S/C29H26ClN3O9/c30-16-17-33(32-38)29(37)31-25-24(42-28(36)21-14-8-3-9-15-21)23(41-27(35)20-12-6-2-7-13-20)22(18-39-25)40-26(34)19-10-4-1-5-11-19/h1-15,22-25H,16-18H2,(H,31,37)/t22-,23-,24-,25-/m1/s1. The average Bonchev–Trinajstić information content (AvgIpc) is 3.03. The minimum absolute atomic E-state index is 0.0913. The van der Waals surface area contributed by atoms with Crippen molar-refractivity contribution < 1.29 is 38.1 Å². The number of nitrogens with zero attached hydrogens (tertiary/aromatic N) is 2. The lowest BCUT2D eigenvalue weighted by Crippen LogP contribution is -2.63. The molecule has 3 aromatic rings. The van der Waals surface area contributed by atoms with Crippen LogP contribution in [0.15, 0.2) is 96.3 Å². The number of hydrogen-bond donors (Lipinski definition) is 1. The number of carbonyl (C=O) groups excluding carboxylic acids is 4. The highest BCUT2D eigenvalue weighted by molar-refractivity contribution is 6.18. The number of carbonyl (C=O) groups is 4. The highest BCUT2D eigenvalue weighted by Gasteiger charge is 2.49. The van der Waals surface area contributed by atoms with Gasteiger partial charge in [-0.2, -0.15) is 5.01 Å². The number of amides is 2. The Balaban J connectivity index is 1.68. The van der Waals surface area contributed by atoms with Crippen LogP contribution < -0.4 is 5.32 Å². The van der Waals surface area contributed by atoms with Gasteiger partial charge in [-0.15, -0.1) is 16.5 Å². The summed E-state index contributed by atoms with van der Waals surface area (Å²) in [5.41, 5.74) is 0.536. The molecule has 0 aliphatic carbocycles. The summed E-state index contributed by atoms with van der Waals surface area (Å²) >= 11 is 5.66. The third-order valence-corrected chi connectivity index (χ3v) is 6.27. The van der Waals surface area contributed by atoms with E-state index in [2.05, 4.69) is 10.6 Å². The summed E-state index contributed by atoms with van der Waals surface area (Å²) in [5, 5.41) is 5.57. The number of alkyl halides is 1. The van der Waals surface area contributed by atoms with Crippen molar-refractivity contribution in [3.05, 3.63) is 113 Å². The van der Waals surface area contributed by atoms with E-state index in [1.54, 1.807) is 54.6 Å². The molecule has 0 unspecified atom stereocenters. The molecular formula is C29H26ClN3O9. The first-order valence-electron chi connectivity index (χ1n) is 12.8. The van der Waals surface area contributed by atoms with Gasteiger partial charge in [-0.05, 0) is 36.4 Å². The molecule has 4 rings (SSSR count). The van der Waals surface area contributed by atoms with Crippen LogP contribution in [0.1, 0.15) is 31.1 Å². The van der Waals surface area contributed by atoms with E-state index in [9.17, 15) is 24.1 Å².